The molecule has 9 heteroatoms. The summed E-state index contributed by atoms with van der Waals surface area (Å²) in [7, 11) is 0. The summed E-state index contributed by atoms with van der Waals surface area (Å²) in [4.78, 5) is 17.7. The average molecular weight is 502 g/mol. The summed E-state index contributed by atoms with van der Waals surface area (Å²) in [6.07, 6.45) is 3.01. The number of fused-ring (bicyclic) bond motifs is 1. The van der Waals surface area contributed by atoms with Crippen molar-refractivity contribution in [1.82, 2.24) is 20.5 Å². The van der Waals surface area contributed by atoms with Gasteiger partial charge in [0.1, 0.15) is 11.9 Å². The Labute approximate surface area is 215 Å². The van der Waals surface area contributed by atoms with Gasteiger partial charge in [-0.05, 0) is 64.8 Å². The maximum Gasteiger partial charge on any atom is 0.286 e. The molecule has 1 saturated heterocycles. The topological polar surface area (TPSA) is 118 Å². The first kappa shape index (κ1) is 24.7. The molecule has 4 aromatic rings. The predicted molar refractivity (Wildman–Crippen MR) is 141 cm³/mol. The smallest absolute Gasteiger partial charge is 0.286 e. The molecule has 1 aliphatic rings. The number of amides is 1. The Bertz CT molecular complexity index is 1440. The minimum atomic E-state index is -0.444. The first-order chi connectivity index (χ1) is 17.5. The monoisotopic (exact) mass is 501 g/mol. The van der Waals surface area contributed by atoms with Gasteiger partial charge in [0.25, 0.3) is 17.4 Å². The lowest BCUT2D eigenvalue weighted by atomic mass is 9.79. The van der Waals surface area contributed by atoms with Gasteiger partial charge in [-0.15, -0.1) is 9.50 Å². The number of hydrogen-bond acceptors (Lipinski definition) is 6. The van der Waals surface area contributed by atoms with Crippen LogP contribution in [0.25, 0.3) is 16.9 Å². The molecule has 37 heavy (non-hydrogen) atoms. The second kappa shape index (κ2) is 9.17. The summed E-state index contributed by atoms with van der Waals surface area (Å²) in [6, 6.07) is 18.1. The fourth-order valence-electron chi connectivity index (χ4n) is 5.39. The van der Waals surface area contributed by atoms with E-state index in [2.05, 4.69) is 20.7 Å². The summed E-state index contributed by atoms with van der Waals surface area (Å²) in [5.74, 6) is 0.783. The summed E-state index contributed by atoms with van der Waals surface area (Å²) in [6.45, 7) is 7.94. The van der Waals surface area contributed by atoms with Crippen molar-refractivity contribution in [1.29, 1.82) is 0 Å². The number of benzene rings is 2. The number of nitrogens with one attached hydrogen (secondary N) is 3. The molecule has 1 amide bonds. The highest BCUT2D eigenvalue weighted by Gasteiger charge is 2.45. The third kappa shape index (κ3) is 5.00. The van der Waals surface area contributed by atoms with Gasteiger partial charge >= 0.3 is 0 Å². The van der Waals surface area contributed by atoms with Crippen molar-refractivity contribution < 1.29 is 19.6 Å². The van der Waals surface area contributed by atoms with E-state index in [4.69, 9.17) is 0 Å². The van der Waals surface area contributed by atoms with Crippen LogP contribution in [0.15, 0.2) is 66.9 Å². The van der Waals surface area contributed by atoms with Crippen LogP contribution in [0.5, 0.6) is 5.75 Å². The number of carbonyl (C=O) groups excluding carboxylic acids is 1. The van der Waals surface area contributed by atoms with Crippen molar-refractivity contribution in [2.45, 2.75) is 57.7 Å². The molecule has 9 nitrogen and oxygen atoms in total. The molecule has 192 valence electrons. The third-order valence-corrected chi connectivity index (χ3v) is 6.94. The van der Waals surface area contributed by atoms with Crippen LogP contribution in [0.3, 0.4) is 0 Å². The van der Waals surface area contributed by atoms with Gasteiger partial charge in [0.05, 0.1) is 11.4 Å². The second-order valence-corrected chi connectivity index (χ2v) is 11.0. The van der Waals surface area contributed by atoms with Gasteiger partial charge in [-0.25, -0.2) is 5.10 Å². The number of carbonyl (C=O) groups is 1. The zero-order valence-corrected chi connectivity index (χ0v) is 21.5. The number of anilines is 2. The van der Waals surface area contributed by atoms with Crippen molar-refractivity contribution >= 4 is 23.1 Å². The minimum Gasteiger partial charge on any atom is -0.508 e. The highest BCUT2D eigenvalue weighted by atomic mass is 16.5. The highest BCUT2D eigenvalue weighted by molar-refractivity contribution is 5.95. The molecule has 0 radical (unpaired) electrons. The molecule has 2 aromatic heterocycles. The van der Waals surface area contributed by atoms with Crippen LogP contribution < -0.4 is 15.1 Å². The fraction of sp³-hybridized carbons (Fsp3) is 0.321. The van der Waals surface area contributed by atoms with E-state index in [0.29, 0.717) is 24.1 Å². The Morgan fingerprint density at radius 3 is 2.51 bits per heavy atom. The molecule has 0 unspecified atom stereocenters. The lowest BCUT2D eigenvalue weighted by molar-refractivity contribution is -0.562. The maximum atomic E-state index is 13.2. The predicted octanol–water partition coefficient (Wildman–Crippen LogP) is 4.41. The number of aromatic nitrogens is 3. The van der Waals surface area contributed by atoms with Crippen LogP contribution in [0.2, 0.25) is 0 Å². The van der Waals surface area contributed by atoms with Crippen molar-refractivity contribution in [2.24, 2.45) is 0 Å². The first-order valence-electron chi connectivity index (χ1n) is 12.4. The van der Waals surface area contributed by atoms with Crippen LogP contribution in [0.4, 0.5) is 11.5 Å². The standard InChI is InChI=1S/C28H32N6O3/c1-27(2)16-21(17-28(3,4)34(27)37)31-26(36)19-8-5-7-18(13-19)23-15-25-29-12-11-24(33(25)32-23)30-20-9-6-10-22(35)14-20/h5-15,21,37H,16-17H2,1-4H3,(H3,29,30,31,32,35,36)/p+1. The van der Waals surface area contributed by atoms with E-state index in [1.54, 1.807) is 30.5 Å². The molecule has 5 N–H and O–H groups in total. The second-order valence-electron chi connectivity index (χ2n) is 11.0. The Morgan fingerprint density at radius 2 is 1.78 bits per heavy atom. The summed E-state index contributed by atoms with van der Waals surface area (Å²) >= 11 is 0. The van der Waals surface area contributed by atoms with Gasteiger partial charge in [0.2, 0.25) is 0 Å². The normalized spacial score (nSPS) is 17.5. The molecule has 3 heterocycles. The first-order valence-corrected chi connectivity index (χ1v) is 12.4. The Morgan fingerprint density at radius 1 is 1.05 bits per heavy atom. The summed E-state index contributed by atoms with van der Waals surface area (Å²) in [5.41, 5.74) is 2.79. The Balaban J connectivity index is 1.38. The van der Waals surface area contributed by atoms with E-state index < -0.39 is 11.1 Å². The molecule has 2 aromatic carbocycles. The van der Waals surface area contributed by atoms with Gasteiger partial charge < -0.3 is 15.6 Å². The van der Waals surface area contributed by atoms with Crippen LogP contribution in [-0.4, -0.2) is 48.5 Å². The average Bonchev–Trinajstić information content (AvgIpc) is 3.28. The van der Waals surface area contributed by atoms with Gasteiger partial charge in [-0.3, -0.25) is 10.1 Å². The van der Waals surface area contributed by atoms with Gasteiger partial charge in [-0.1, -0.05) is 18.2 Å². The van der Waals surface area contributed by atoms with Gasteiger partial charge in [0, 0.05) is 46.4 Å². The molecule has 0 atom stereocenters. The Kier molecular flexibility index (Phi) is 6.13. The Hall–Kier alpha value is -3.95. The number of piperidine rings is 1. The number of aromatic hydroxyl groups is 1. The van der Waals surface area contributed by atoms with E-state index in [9.17, 15) is 15.1 Å². The van der Waals surface area contributed by atoms with E-state index in [-0.39, 0.29) is 17.7 Å². The molecule has 0 spiro atoms. The highest BCUT2D eigenvalue weighted by Crippen LogP contribution is 2.36. The van der Waals surface area contributed by atoms with Gasteiger partial charge in [0.15, 0.2) is 0 Å². The number of rotatable bonds is 5. The lowest BCUT2D eigenvalue weighted by Crippen LogP contribution is -2.62. The lowest BCUT2D eigenvalue weighted by Gasteiger charge is -2.51. The van der Waals surface area contributed by atoms with Crippen LogP contribution in [0.1, 0.15) is 50.9 Å². The molecule has 0 bridgehead atoms. The number of H-pyrrole nitrogens is 1. The molecule has 0 aliphatic carbocycles. The number of phenols is 1. The number of aromatic amines is 1. The van der Waals surface area contributed by atoms with Crippen molar-refractivity contribution in [3.05, 3.63) is 72.4 Å². The van der Waals surface area contributed by atoms with Crippen LogP contribution >= 0.6 is 0 Å². The van der Waals surface area contributed by atoms with E-state index >= 15 is 0 Å². The number of nitrogens with zero attached hydrogens (tertiary/aromatic N) is 3. The van der Waals surface area contributed by atoms with Crippen LogP contribution in [0, 0.1) is 0 Å². The van der Waals surface area contributed by atoms with E-state index in [1.807, 2.05) is 68.6 Å². The molecular formula is C28H33N6O3+. The minimum absolute atomic E-state index is 0.0524. The number of phenolic OH excluding ortho intramolecular Hbond substituents is 1. The molecular weight excluding hydrogens is 468 g/mol. The summed E-state index contributed by atoms with van der Waals surface area (Å²) in [5, 5.41) is 31.6. The molecule has 5 rings (SSSR count). The van der Waals surface area contributed by atoms with Crippen molar-refractivity contribution in [3.63, 3.8) is 0 Å². The third-order valence-electron chi connectivity index (χ3n) is 6.94. The maximum absolute atomic E-state index is 13.2. The molecule has 1 aliphatic heterocycles. The SMILES string of the molecule is CC1(C)CC(NC(=O)c2cccc(-c3cc4nccc(Nc5cccc(O)c5)[n+]4[nH]3)c2)CC(C)(C)N1O. The fourth-order valence-corrected chi connectivity index (χ4v) is 5.39. The number of hydroxylamine groups is 2. The number of hydrogen-bond donors (Lipinski definition) is 5. The van der Waals surface area contributed by atoms with E-state index in [1.165, 1.54) is 5.06 Å². The van der Waals surface area contributed by atoms with Gasteiger partial charge in [-0.2, -0.15) is 5.06 Å². The van der Waals surface area contributed by atoms with E-state index in [0.717, 1.165) is 22.8 Å². The zero-order valence-electron chi connectivity index (χ0n) is 21.5. The molecule has 0 saturated carbocycles. The molecule has 1 fully saturated rings. The quantitative estimate of drug-likeness (QED) is 0.259. The van der Waals surface area contributed by atoms with Crippen LogP contribution in [-0.2, 0) is 0 Å². The summed E-state index contributed by atoms with van der Waals surface area (Å²) < 4.78 is 1.82. The zero-order chi connectivity index (χ0) is 26.4. The largest absolute Gasteiger partial charge is 0.508 e. The van der Waals surface area contributed by atoms with Crippen molar-refractivity contribution in [3.8, 4) is 17.0 Å². The van der Waals surface area contributed by atoms with Crippen molar-refractivity contribution in [2.75, 3.05) is 5.32 Å².